The summed E-state index contributed by atoms with van der Waals surface area (Å²) in [5, 5.41) is -1.54. The fourth-order valence-corrected chi connectivity index (χ4v) is 3.94. The standard InChI is InChI=1S/C18H27NO3S/c1-13(2)23(21,22)15(4)18(20)19(12-16-10-11-16)14(3)17-8-6-5-7-9-17/h5-9,13-16H,10-12H2,1-4H3/t14-,15+/m1/s1. The van der Waals surface area contributed by atoms with E-state index in [9.17, 15) is 13.2 Å². The number of hydrogen-bond donors (Lipinski definition) is 0. The molecule has 1 aliphatic carbocycles. The minimum atomic E-state index is -3.44. The molecule has 1 aliphatic rings. The molecule has 2 atom stereocenters. The summed E-state index contributed by atoms with van der Waals surface area (Å²) >= 11 is 0. The molecule has 0 bridgehead atoms. The number of carbonyl (C=O) groups is 1. The van der Waals surface area contributed by atoms with Crippen molar-refractivity contribution >= 4 is 15.7 Å². The van der Waals surface area contributed by atoms with E-state index in [0.717, 1.165) is 18.4 Å². The second-order valence-electron chi connectivity index (χ2n) is 6.80. The Balaban J connectivity index is 2.25. The maximum atomic E-state index is 12.9. The number of nitrogens with zero attached hydrogens (tertiary/aromatic N) is 1. The van der Waals surface area contributed by atoms with E-state index in [-0.39, 0.29) is 11.9 Å². The average molecular weight is 337 g/mol. The third-order valence-electron chi connectivity index (χ3n) is 4.68. The Labute approximate surface area is 139 Å². The Bertz CT molecular complexity index is 635. The first kappa shape index (κ1) is 18.0. The van der Waals surface area contributed by atoms with Crippen LogP contribution < -0.4 is 0 Å². The van der Waals surface area contributed by atoms with Crippen LogP contribution in [0.2, 0.25) is 0 Å². The molecule has 128 valence electrons. The molecule has 5 heteroatoms. The predicted octanol–water partition coefficient (Wildman–Crippen LogP) is 3.20. The van der Waals surface area contributed by atoms with E-state index in [0.29, 0.717) is 12.5 Å². The highest BCUT2D eigenvalue weighted by Gasteiger charge is 2.37. The van der Waals surface area contributed by atoms with Gasteiger partial charge in [0.05, 0.1) is 11.3 Å². The third kappa shape index (κ3) is 4.14. The quantitative estimate of drug-likeness (QED) is 0.768. The summed E-state index contributed by atoms with van der Waals surface area (Å²) in [6.45, 7) is 7.41. The lowest BCUT2D eigenvalue weighted by molar-refractivity contribution is -0.132. The first-order valence-electron chi connectivity index (χ1n) is 8.33. The Hall–Kier alpha value is -1.36. The normalized spacial score (nSPS) is 17.8. The van der Waals surface area contributed by atoms with E-state index in [2.05, 4.69) is 0 Å². The molecular weight excluding hydrogens is 310 g/mol. The number of sulfone groups is 1. The van der Waals surface area contributed by atoms with E-state index in [1.807, 2.05) is 37.3 Å². The first-order valence-corrected chi connectivity index (χ1v) is 9.94. The van der Waals surface area contributed by atoms with Crippen molar-refractivity contribution in [1.29, 1.82) is 0 Å². The predicted molar refractivity (Wildman–Crippen MR) is 92.8 cm³/mol. The van der Waals surface area contributed by atoms with Crippen LogP contribution in [0.15, 0.2) is 30.3 Å². The highest BCUT2D eigenvalue weighted by molar-refractivity contribution is 7.93. The molecule has 0 aromatic heterocycles. The van der Waals surface area contributed by atoms with Gasteiger partial charge in [-0.05, 0) is 52.0 Å². The average Bonchev–Trinajstić information content (AvgIpc) is 3.35. The maximum Gasteiger partial charge on any atom is 0.241 e. The fraction of sp³-hybridized carbons (Fsp3) is 0.611. The van der Waals surface area contributed by atoms with Crippen LogP contribution in [0, 0.1) is 5.92 Å². The van der Waals surface area contributed by atoms with Gasteiger partial charge in [0.15, 0.2) is 9.84 Å². The van der Waals surface area contributed by atoms with Crippen LogP contribution in [-0.2, 0) is 14.6 Å². The van der Waals surface area contributed by atoms with Gasteiger partial charge in [-0.2, -0.15) is 0 Å². The SMILES string of the molecule is CC(C)S(=O)(=O)[C@@H](C)C(=O)N(CC1CC1)[C@H](C)c1ccccc1. The molecule has 1 aromatic rings. The molecule has 0 spiro atoms. The summed E-state index contributed by atoms with van der Waals surface area (Å²) in [7, 11) is -3.44. The minimum absolute atomic E-state index is 0.117. The third-order valence-corrected chi connectivity index (χ3v) is 7.18. The van der Waals surface area contributed by atoms with Crippen molar-refractivity contribution in [2.45, 2.75) is 57.1 Å². The van der Waals surface area contributed by atoms with E-state index in [4.69, 9.17) is 0 Å². The van der Waals surface area contributed by atoms with Crippen molar-refractivity contribution in [3.8, 4) is 0 Å². The minimum Gasteiger partial charge on any atom is -0.335 e. The van der Waals surface area contributed by atoms with Crippen LogP contribution in [0.3, 0.4) is 0 Å². The number of amides is 1. The van der Waals surface area contributed by atoms with Crippen LogP contribution in [0.4, 0.5) is 0 Å². The molecule has 0 heterocycles. The lowest BCUT2D eigenvalue weighted by atomic mass is 10.1. The number of hydrogen-bond acceptors (Lipinski definition) is 3. The van der Waals surface area contributed by atoms with E-state index >= 15 is 0 Å². The highest BCUT2D eigenvalue weighted by atomic mass is 32.2. The zero-order chi connectivity index (χ0) is 17.2. The zero-order valence-corrected chi connectivity index (χ0v) is 15.2. The molecule has 0 unspecified atom stereocenters. The highest BCUT2D eigenvalue weighted by Crippen LogP contribution is 2.33. The number of benzene rings is 1. The van der Waals surface area contributed by atoms with Crippen LogP contribution in [0.1, 0.15) is 52.1 Å². The van der Waals surface area contributed by atoms with Crippen molar-refractivity contribution in [2.24, 2.45) is 5.92 Å². The molecule has 2 rings (SSSR count). The van der Waals surface area contributed by atoms with Gasteiger partial charge < -0.3 is 4.90 Å². The molecule has 1 saturated carbocycles. The van der Waals surface area contributed by atoms with Crippen LogP contribution in [0.5, 0.6) is 0 Å². The molecule has 4 nitrogen and oxygen atoms in total. The van der Waals surface area contributed by atoms with E-state index in [1.54, 1.807) is 18.7 Å². The molecule has 0 aliphatic heterocycles. The Kier molecular flexibility index (Phi) is 5.50. The van der Waals surface area contributed by atoms with Crippen molar-refractivity contribution in [3.63, 3.8) is 0 Å². The van der Waals surface area contributed by atoms with E-state index < -0.39 is 20.3 Å². The van der Waals surface area contributed by atoms with Gasteiger partial charge >= 0.3 is 0 Å². The Morgan fingerprint density at radius 2 is 1.70 bits per heavy atom. The molecular formula is C18H27NO3S. The summed E-state index contributed by atoms with van der Waals surface area (Å²) in [6, 6.07) is 9.68. The fourth-order valence-electron chi connectivity index (χ4n) is 2.71. The van der Waals surface area contributed by atoms with Crippen LogP contribution in [-0.4, -0.2) is 36.3 Å². The van der Waals surface area contributed by atoms with Crippen molar-refractivity contribution in [2.75, 3.05) is 6.54 Å². The molecule has 0 radical (unpaired) electrons. The van der Waals surface area contributed by atoms with Gasteiger partial charge in [-0.3, -0.25) is 4.79 Å². The number of carbonyl (C=O) groups excluding carboxylic acids is 1. The summed E-state index contributed by atoms with van der Waals surface area (Å²) in [5.41, 5.74) is 1.04. The maximum absolute atomic E-state index is 12.9. The summed E-state index contributed by atoms with van der Waals surface area (Å²) in [5.74, 6) is 0.237. The molecule has 0 saturated heterocycles. The lowest BCUT2D eigenvalue weighted by Crippen LogP contribution is -2.45. The van der Waals surface area contributed by atoms with Crippen molar-refractivity contribution in [3.05, 3.63) is 35.9 Å². The smallest absolute Gasteiger partial charge is 0.241 e. The number of rotatable bonds is 7. The lowest BCUT2D eigenvalue weighted by Gasteiger charge is -2.32. The Morgan fingerprint density at radius 1 is 1.13 bits per heavy atom. The van der Waals surface area contributed by atoms with Gasteiger partial charge in [0.2, 0.25) is 5.91 Å². The monoisotopic (exact) mass is 337 g/mol. The van der Waals surface area contributed by atoms with Crippen molar-refractivity contribution in [1.82, 2.24) is 4.90 Å². The summed E-state index contributed by atoms with van der Waals surface area (Å²) in [4.78, 5) is 14.7. The molecule has 1 fully saturated rings. The molecule has 0 N–H and O–H groups in total. The molecule has 23 heavy (non-hydrogen) atoms. The molecule has 1 aromatic carbocycles. The first-order chi connectivity index (χ1) is 10.7. The second-order valence-corrected chi connectivity index (χ2v) is 9.63. The Morgan fingerprint density at radius 3 is 2.17 bits per heavy atom. The van der Waals surface area contributed by atoms with Crippen LogP contribution >= 0.6 is 0 Å². The summed E-state index contributed by atoms with van der Waals surface area (Å²) in [6.07, 6.45) is 2.24. The zero-order valence-electron chi connectivity index (χ0n) is 14.4. The van der Waals surface area contributed by atoms with Gasteiger partial charge in [0.25, 0.3) is 0 Å². The van der Waals surface area contributed by atoms with Crippen LogP contribution in [0.25, 0.3) is 0 Å². The topological polar surface area (TPSA) is 54.5 Å². The van der Waals surface area contributed by atoms with Gasteiger partial charge in [0, 0.05) is 6.54 Å². The molecule has 1 amide bonds. The van der Waals surface area contributed by atoms with Gasteiger partial charge in [0.1, 0.15) is 5.25 Å². The summed E-state index contributed by atoms with van der Waals surface area (Å²) < 4.78 is 24.8. The van der Waals surface area contributed by atoms with Crippen molar-refractivity contribution < 1.29 is 13.2 Å². The van der Waals surface area contributed by atoms with E-state index in [1.165, 1.54) is 6.92 Å². The largest absolute Gasteiger partial charge is 0.335 e. The van der Waals surface area contributed by atoms with Gasteiger partial charge in [-0.25, -0.2) is 8.42 Å². The van der Waals surface area contributed by atoms with Gasteiger partial charge in [-0.15, -0.1) is 0 Å². The van der Waals surface area contributed by atoms with Gasteiger partial charge in [-0.1, -0.05) is 30.3 Å². The second kappa shape index (κ2) is 7.04.